The standard InChI is InChI=1S/C20H29N3O2/c1-13-6-8-14(9-7-13)16-10-17(25-22-16)18(24)21-15-11-19(2,3)23-20(4,5)12-15/h6-9,15,17,23H,10-12H2,1-5H3,(H,21,24). The van der Waals surface area contributed by atoms with Crippen LogP contribution in [0.15, 0.2) is 29.4 Å². The number of hydrogen-bond acceptors (Lipinski definition) is 4. The van der Waals surface area contributed by atoms with Crippen molar-refractivity contribution in [1.82, 2.24) is 10.6 Å². The van der Waals surface area contributed by atoms with Crippen LogP contribution in [0, 0.1) is 6.92 Å². The average Bonchev–Trinajstić information content (AvgIpc) is 2.94. The molecule has 0 aliphatic carbocycles. The van der Waals surface area contributed by atoms with Crippen LogP contribution in [-0.2, 0) is 9.63 Å². The molecule has 2 N–H and O–H groups in total. The van der Waals surface area contributed by atoms with Crippen molar-refractivity contribution in [2.45, 2.75) is 77.1 Å². The number of benzene rings is 1. The molecule has 3 rings (SSSR count). The Bertz CT molecular complexity index is 661. The molecule has 2 aliphatic heterocycles. The van der Waals surface area contributed by atoms with E-state index in [0.717, 1.165) is 24.1 Å². The van der Waals surface area contributed by atoms with Crippen LogP contribution in [0.25, 0.3) is 0 Å². The van der Waals surface area contributed by atoms with Crippen molar-refractivity contribution in [3.8, 4) is 0 Å². The molecule has 1 atom stereocenters. The van der Waals surface area contributed by atoms with Gasteiger partial charge in [-0.1, -0.05) is 35.0 Å². The summed E-state index contributed by atoms with van der Waals surface area (Å²) >= 11 is 0. The Morgan fingerprint density at radius 1 is 1.16 bits per heavy atom. The van der Waals surface area contributed by atoms with Gasteiger partial charge in [0.05, 0.1) is 5.71 Å². The lowest BCUT2D eigenvalue weighted by Gasteiger charge is -2.46. The number of nitrogens with one attached hydrogen (secondary N) is 2. The van der Waals surface area contributed by atoms with Gasteiger partial charge in [0.25, 0.3) is 5.91 Å². The zero-order valence-electron chi connectivity index (χ0n) is 15.8. The van der Waals surface area contributed by atoms with E-state index in [-0.39, 0.29) is 23.0 Å². The third-order valence-electron chi connectivity index (χ3n) is 4.88. The fraction of sp³-hybridized carbons (Fsp3) is 0.600. The fourth-order valence-corrected chi connectivity index (χ4v) is 4.15. The Kier molecular flexibility index (Phi) is 4.62. The lowest BCUT2D eigenvalue weighted by molar-refractivity contribution is -0.132. The van der Waals surface area contributed by atoms with Gasteiger partial charge in [0.2, 0.25) is 6.10 Å². The monoisotopic (exact) mass is 343 g/mol. The molecule has 0 aromatic heterocycles. The van der Waals surface area contributed by atoms with Crippen molar-refractivity contribution in [3.63, 3.8) is 0 Å². The van der Waals surface area contributed by atoms with Gasteiger partial charge in [-0.05, 0) is 53.0 Å². The molecule has 1 unspecified atom stereocenters. The Morgan fingerprint density at radius 2 is 1.76 bits per heavy atom. The molecule has 2 heterocycles. The minimum Gasteiger partial charge on any atom is -0.382 e. The first-order valence-electron chi connectivity index (χ1n) is 9.03. The minimum atomic E-state index is -0.530. The van der Waals surface area contributed by atoms with Crippen LogP contribution in [0.4, 0.5) is 0 Å². The molecule has 5 nitrogen and oxygen atoms in total. The van der Waals surface area contributed by atoms with Crippen LogP contribution in [0.3, 0.4) is 0 Å². The normalized spacial score (nSPS) is 25.2. The molecular weight excluding hydrogens is 314 g/mol. The first-order chi connectivity index (χ1) is 11.6. The first kappa shape index (κ1) is 17.9. The van der Waals surface area contributed by atoms with E-state index in [9.17, 15) is 4.79 Å². The Balaban J connectivity index is 1.59. The van der Waals surface area contributed by atoms with Crippen molar-refractivity contribution in [2.75, 3.05) is 0 Å². The molecule has 1 saturated heterocycles. The van der Waals surface area contributed by atoms with E-state index in [4.69, 9.17) is 4.84 Å². The predicted octanol–water partition coefficient (Wildman–Crippen LogP) is 2.91. The van der Waals surface area contributed by atoms with E-state index in [2.05, 4.69) is 50.4 Å². The molecule has 1 aromatic rings. The third-order valence-corrected chi connectivity index (χ3v) is 4.88. The summed E-state index contributed by atoms with van der Waals surface area (Å²) < 4.78 is 0. The van der Waals surface area contributed by atoms with Gasteiger partial charge in [0.1, 0.15) is 0 Å². The molecule has 0 saturated carbocycles. The van der Waals surface area contributed by atoms with E-state index in [0.29, 0.717) is 6.42 Å². The second kappa shape index (κ2) is 6.45. The maximum absolute atomic E-state index is 12.6. The zero-order valence-corrected chi connectivity index (χ0v) is 15.8. The van der Waals surface area contributed by atoms with Crippen LogP contribution in [0.5, 0.6) is 0 Å². The largest absolute Gasteiger partial charge is 0.382 e. The van der Waals surface area contributed by atoms with Crippen LogP contribution < -0.4 is 10.6 Å². The maximum atomic E-state index is 12.6. The molecule has 1 fully saturated rings. The SMILES string of the molecule is Cc1ccc(C2=NOC(C(=O)NC3CC(C)(C)NC(C)(C)C3)C2)cc1. The molecule has 136 valence electrons. The van der Waals surface area contributed by atoms with Crippen LogP contribution >= 0.6 is 0 Å². The van der Waals surface area contributed by atoms with Crippen molar-refractivity contribution >= 4 is 11.6 Å². The zero-order chi connectivity index (χ0) is 18.2. The average molecular weight is 343 g/mol. The lowest BCUT2D eigenvalue weighted by Crippen LogP contribution is -2.62. The number of aryl methyl sites for hydroxylation is 1. The van der Waals surface area contributed by atoms with E-state index >= 15 is 0 Å². The third kappa shape index (κ3) is 4.40. The molecule has 0 bridgehead atoms. The quantitative estimate of drug-likeness (QED) is 0.887. The van der Waals surface area contributed by atoms with Gasteiger partial charge in [-0.15, -0.1) is 0 Å². The van der Waals surface area contributed by atoms with E-state index in [1.54, 1.807) is 0 Å². The highest BCUT2D eigenvalue weighted by atomic mass is 16.6. The molecule has 0 spiro atoms. The van der Waals surface area contributed by atoms with Gasteiger partial charge < -0.3 is 15.5 Å². The van der Waals surface area contributed by atoms with Gasteiger partial charge in [0, 0.05) is 23.5 Å². The first-order valence-corrected chi connectivity index (χ1v) is 9.03. The lowest BCUT2D eigenvalue weighted by atomic mass is 9.79. The molecule has 25 heavy (non-hydrogen) atoms. The van der Waals surface area contributed by atoms with Gasteiger partial charge in [-0.25, -0.2) is 0 Å². The van der Waals surface area contributed by atoms with Gasteiger partial charge in [0.15, 0.2) is 0 Å². The summed E-state index contributed by atoms with van der Waals surface area (Å²) in [5, 5.41) is 10.9. The van der Waals surface area contributed by atoms with Crippen molar-refractivity contribution in [3.05, 3.63) is 35.4 Å². The highest BCUT2D eigenvalue weighted by molar-refractivity contribution is 6.04. The Hall–Kier alpha value is -1.88. The highest BCUT2D eigenvalue weighted by Gasteiger charge is 2.39. The van der Waals surface area contributed by atoms with Crippen molar-refractivity contribution in [2.24, 2.45) is 5.16 Å². The second-order valence-corrected chi connectivity index (χ2v) is 8.71. The van der Waals surface area contributed by atoms with Gasteiger partial charge in [-0.3, -0.25) is 4.79 Å². The fourth-order valence-electron chi connectivity index (χ4n) is 4.15. The molecule has 2 aliphatic rings. The minimum absolute atomic E-state index is 0.000210. The van der Waals surface area contributed by atoms with E-state index in [1.807, 2.05) is 24.3 Å². The molecular formula is C20H29N3O2. The van der Waals surface area contributed by atoms with Crippen molar-refractivity contribution < 1.29 is 9.63 Å². The summed E-state index contributed by atoms with van der Waals surface area (Å²) in [7, 11) is 0. The number of carbonyl (C=O) groups is 1. The summed E-state index contributed by atoms with van der Waals surface area (Å²) in [6.45, 7) is 10.8. The van der Waals surface area contributed by atoms with Gasteiger partial charge >= 0.3 is 0 Å². The van der Waals surface area contributed by atoms with E-state index in [1.165, 1.54) is 5.56 Å². The number of amides is 1. The van der Waals surface area contributed by atoms with Crippen LogP contribution in [0.1, 0.15) is 58.1 Å². The van der Waals surface area contributed by atoms with Crippen LogP contribution in [-0.4, -0.2) is 34.8 Å². The summed E-state index contributed by atoms with van der Waals surface area (Å²) in [6.07, 6.45) is 1.80. The highest BCUT2D eigenvalue weighted by Crippen LogP contribution is 2.29. The number of piperidine rings is 1. The molecule has 5 heteroatoms. The topological polar surface area (TPSA) is 62.7 Å². The number of carbonyl (C=O) groups excluding carboxylic acids is 1. The summed E-state index contributed by atoms with van der Waals surface area (Å²) in [5.74, 6) is -0.0654. The number of rotatable bonds is 3. The Morgan fingerprint density at radius 3 is 2.36 bits per heavy atom. The molecule has 1 amide bonds. The Labute approximate surface area is 150 Å². The van der Waals surface area contributed by atoms with Gasteiger partial charge in [-0.2, -0.15) is 0 Å². The van der Waals surface area contributed by atoms with E-state index < -0.39 is 6.10 Å². The number of hydrogen-bond donors (Lipinski definition) is 2. The van der Waals surface area contributed by atoms with Crippen LogP contribution in [0.2, 0.25) is 0 Å². The smallest absolute Gasteiger partial charge is 0.264 e. The summed E-state index contributed by atoms with van der Waals surface area (Å²) in [6, 6.07) is 8.28. The second-order valence-electron chi connectivity index (χ2n) is 8.71. The molecule has 0 radical (unpaired) electrons. The maximum Gasteiger partial charge on any atom is 0.264 e. The summed E-state index contributed by atoms with van der Waals surface area (Å²) in [5.41, 5.74) is 3.06. The predicted molar refractivity (Wildman–Crippen MR) is 99.7 cm³/mol. The van der Waals surface area contributed by atoms with Crippen molar-refractivity contribution in [1.29, 1.82) is 0 Å². The number of nitrogens with zero attached hydrogens (tertiary/aromatic N) is 1. The number of oxime groups is 1. The molecule has 1 aromatic carbocycles. The summed E-state index contributed by atoms with van der Waals surface area (Å²) in [4.78, 5) is 18.1.